The summed E-state index contributed by atoms with van der Waals surface area (Å²) in [6, 6.07) is 0.364. The topological polar surface area (TPSA) is 60.9 Å². The minimum absolute atomic E-state index is 0.0613. The number of carbonyl (C=O) groups is 1. The normalized spacial score (nSPS) is 19.9. The van der Waals surface area contributed by atoms with Crippen LogP contribution in [0.15, 0.2) is 23.1 Å². The van der Waals surface area contributed by atoms with Crippen LogP contribution in [0, 0.1) is 0 Å². The Hall–Kier alpha value is -1.86. The lowest BCUT2D eigenvalue weighted by Gasteiger charge is -2.34. The average Bonchev–Trinajstić information content (AvgIpc) is 3.10. The Morgan fingerprint density at radius 1 is 0.806 bits per heavy atom. The van der Waals surface area contributed by atoms with Gasteiger partial charge in [-0.05, 0) is 24.6 Å². The number of hydrogen-bond acceptors (Lipinski definition) is 4. The summed E-state index contributed by atoms with van der Waals surface area (Å²) >= 11 is 0. The number of hydrogen-bond donors (Lipinski definition) is 0. The lowest BCUT2D eigenvalue weighted by atomic mass is 10.1. The third-order valence-electron chi connectivity index (χ3n) is 5.39. The van der Waals surface area contributed by atoms with Gasteiger partial charge in [0.15, 0.2) is 0 Å². The van der Waals surface area contributed by atoms with Gasteiger partial charge >= 0.3 is 12.4 Å². The molecule has 2 aliphatic rings. The van der Waals surface area contributed by atoms with E-state index >= 15 is 0 Å². The van der Waals surface area contributed by atoms with Crippen molar-refractivity contribution in [2.24, 2.45) is 0 Å². The molecule has 0 atom stereocenters. The summed E-state index contributed by atoms with van der Waals surface area (Å²) in [5.74, 6) is 0.0613. The van der Waals surface area contributed by atoms with E-state index in [2.05, 4.69) is 0 Å². The van der Waals surface area contributed by atoms with Gasteiger partial charge in [-0.3, -0.25) is 9.69 Å². The SMILES string of the molecule is O=C1CCCN1CCN1CCN(S(=O)(=O)c2cc(C(F)(F)F)cc(C(F)(F)F)c2)CC1. The number of carbonyl (C=O) groups excluding carboxylic acids is 1. The molecule has 13 heteroatoms. The largest absolute Gasteiger partial charge is 0.416 e. The highest BCUT2D eigenvalue weighted by Gasteiger charge is 2.39. The molecule has 0 bridgehead atoms. The van der Waals surface area contributed by atoms with Crippen molar-refractivity contribution in [1.82, 2.24) is 14.1 Å². The third kappa shape index (κ3) is 5.50. The van der Waals surface area contributed by atoms with Crippen LogP contribution in [0.25, 0.3) is 0 Å². The van der Waals surface area contributed by atoms with Gasteiger partial charge in [0.05, 0.1) is 16.0 Å². The molecule has 0 radical (unpaired) electrons. The van der Waals surface area contributed by atoms with Crippen molar-refractivity contribution in [1.29, 1.82) is 0 Å². The van der Waals surface area contributed by atoms with Gasteiger partial charge in [-0.1, -0.05) is 0 Å². The number of alkyl halides is 6. The average molecular weight is 473 g/mol. The van der Waals surface area contributed by atoms with E-state index in [0.717, 1.165) is 10.7 Å². The molecule has 1 aromatic carbocycles. The highest BCUT2D eigenvalue weighted by Crippen LogP contribution is 2.37. The summed E-state index contributed by atoms with van der Waals surface area (Å²) in [6.07, 6.45) is -8.96. The second-order valence-corrected chi connectivity index (χ2v) is 9.41. The molecule has 2 heterocycles. The second-order valence-electron chi connectivity index (χ2n) is 7.47. The minimum Gasteiger partial charge on any atom is -0.341 e. The summed E-state index contributed by atoms with van der Waals surface area (Å²) in [4.78, 5) is 14.2. The molecule has 0 N–H and O–H groups in total. The first-order valence-electron chi connectivity index (χ1n) is 9.58. The maximum Gasteiger partial charge on any atom is 0.416 e. The van der Waals surface area contributed by atoms with E-state index in [-0.39, 0.29) is 50.3 Å². The molecule has 0 aromatic heterocycles. The van der Waals surface area contributed by atoms with Gasteiger partial charge < -0.3 is 4.90 Å². The maximum absolute atomic E-state index is 13.0. The van der Waals surface area contributed by atoms with Crippen LogP contribution in [0.1, 0.15) is 24.0 Å². The predicted molar refractivity (Wildman–Crippen MR) is 97.5 cm³/mol. The Balaban J connectivity index is 1.72. The molecule has 2 aliphatic heterocycles. The minimum atomic E-state index is -5.13. The maximum atomic E-state index is 13.0. The van der Waals surface area contributed by atoms with Crippen LogP contribution in [0.2, 0.25) is 0 Å². The lowest BCUT2D eigenvalue weighted by molar-refractivity contribution is -0.143. The van der Waals surface area contributed by atoms with Gasteiger partial charge in [-0.25, -0.2) is 8.42 Å². The molecule has 1 aromatic rings. The fourth-order valence-corrected chi connectivity index (χ4v) is 5.11. The molecular weight excluding hydrogens is 452 g/mol. The zero-order valence-corrected chi connectivity index (χ0v) is 17.2. The predicted octanol–water partition coefficient (Wildman–Crippen LogP) is 2.65. The third-order valence-corrected chi connectivity index (χ3v) is 7.26. The Bertz CT molecular complexity index is 892. The number of rotatable bonds is 5. The van der Waals surface area contributed by atoms with Crippen LogP contribution in [0.4, 0.5) is 26.3 Å². The fraction of sp³-hybridized carbons (Fsp3) is 0.611. The molecular formula is C18H21F6N3O3S. The first-order chi connectivity index (χ1) is 14.3. The van der Waals surface area contributed by atoms with Gasteiger partial charge in [-0.15, -0.1) is 0 Å². The van der Waals surface area contributed by atoms with Gasteiger partial charge in [0.1, 0.15) is 0 Å². The van der Waals surface area contributed by atoms with Crippen LogP contribution in [-0.4, -0.2) is 74.2 Å². The smallest absolute Gasteiger partial charge is 0.341 e. The Kier molecular flexibility index (Phi) is 6.59. The first-order valence-corrected chi connectivity index (χ1v) is 11.0. The van der Waals surface area contributed by atoms with Crippen molar-refractivity contribution in [2.75, 3.05) is 45.8 Å². The van der Waals surface area contributed by atoms with E-state index in [9.17, 15) is 39.6 Å². The summed E-state index contributed by atoms with van der Waals surface area (Å²) < 4.78 is 105. The van der Waals surface area contributed by atoms with Crippen molar-refractivity contribution in [3.05, 3.63) is 29.3 Å². The fourth-order valence-electron chi connectivity index (χ4n) is 3.62. The Labute approximate surface area is 175 Å². The number of amides is 1. The van der Waals surface area contributed by atoms with Crippen molar-refractivity contribution < 1.29 is 39.6 Å². The molecule has 0 spiro atoms. The van der Waals surface area contributed by atoms with E-state index in [0.29, 0.717) is 26.1 Å². The zero-order valence-electron chi connectivity index (χ0n) is 16.3. The van der Waals surface area contributed by atoms with Crippen LogP contribution in [0.5, 0.6) is 0 Å². The van der Waals surface area contributed by atoms with E-state index in [1.165, 1.54) is 0 Å². The molecule has 0 unspecified atom stereocenters. The van der Waals surface area contributed by atoms with Gasteiger partial charge in [0, 0.05) is 52.2 Å². The van der Waals surface area contributed by atoms with Crippen LogP contribution in [0.3, 0.4) is 0 Å². The standard InChI is InChI=1S/C18H21F6N3O3S/c19-17(20,21)13-10-14(18(22,23)24)12-15(11-13)31(29,30)27-8-5-25(6-9-27)4-7-26-3-1-2-16(26)28/h10-12H,1-9H2. The molecule has 0 aliphatic carbocycles. The summed E-state index contributed by atoms with van der Waals surface area (Å²) in [5.41, 5.74) is -3.34. The molecule has 0 saturated carbocycles. The van der Waals surface area contributed by atoms with Gasteiger partial charge in [-0.2, -0.15) is 30.6 Å². The zero-order chi connectivity index (χ0) is 23.0. The molecule has 1 amide bonds. The summed E-state index contributed by atoms with van der Waals surface area (Å²) in [6.45, 7) is 2.04. The Morgan fingerprint density at radius 3 is 1.81 bits per heavy atom. The number of nitrogens with zero attached hydrogens (tertiary/aromatic N) is 3. The summed E-state index contributed by atoms with van der Waals surface area (Å²) in [5, 5.41) is 0. The number of halogens is 6. The van der Waals surface area contributed by atoms with Crippen LogP contribution in [-0.2, 0) is 27.2 Å². The molecule has 2 fully saturated rings. The van der Waals surface area contributed by atoms with E-state index < -0.39 is 38.4 Å². The number of benzene rings is 1. The van der Waals surface area contributed by atoms with E-state index in [1.807, 2.05) is 4.90 Å². The number of piperazine rings is 1. The first kappa shape index (κ1) is 23.8. The van der Waals surface area contributed by atoms with Crippen molar-refractivity contribution in [2.45, 2.75) is 30.1 Å². The molecule has 6 nitrogen and oxygen atoms in total. The molecule has 2 saturated heterocycles. The second kappa shape index (κ2) is 8.58. The van der Waals surface area contributed by atoms with Gasteiger partial charge in [0.25, 0.3) is 0 Å². The van der Waals surface area contributed by atoms with E-state index in [1.54, 1.807) is 4.90 Å². The monoisotopic (exact) mass is 473 g/mol. The molecule has 31 heavy (non-hydrogen) atoms. The summed E-state index contributed by atoms with van der Waals surface area (Å²) in [7, 11) is -4.55. The number of sulfonamides is 1. The van der Waals surface area contributed by atoms with Crippen molar-refractivity contribution in [3.8, 4) is 0 Å². The van der Waals surface area contributed by atoms with Crippen molar-refractivity contribution in [3.63, 3.8) is 0 Å². The van der Waals surface area contributed by atoms with E-state index in [4.69, 9.17) is 0 Å². The number of likely N-dealkylation sites (tertiary alicyclic amines) is 1. The highest BCUT2D eigenvalue weighted by molar-refractivity contribution is 7.89. The van der Waals surface area contributed by atoms with Crippen molar-refractivity contribution >= 4 is 15.9 Å². The van der Waals surface area contributed by atoms with Crippen LogP contribution >= 0.6 is 0 Å². The van der Waals surface area contributed by atoms with Gasteiger partial charge in [0.2, 0.25) is 15.9 Å². The molecule has 3 rings (SSSR count). The lowest BCUT2D eigenvalue weighted by Crippen LogP contribution is -2.50. The highest BCUT2D eigenvalue weighted by atomic mass is 32.2. The molecule has 174 valence electrons. The quantitative estimate of drug-likeness (QED) is 0.617. The van der Waals surface area contributed by atoms with Crippen LogP contribution < -0.4 is 0 Å². The Morgan fingerprint density at radius 2 is 1.35 bits per heavy atom.